The first-order valence-electron chi connectivity index (χ1n) is 7.77. The van der Waals surface area contributed by atoms with Gasteiger partial charge in [0.15, 0.2) is 0 Å². The van der Waals surface area contributed by atoms with Crippen molar-refractivity contribution in [3.63, 3.8) is 0 Å². The number of rotatable bonds is 4. The van der Waals surface area contributed by atoms with Crippen molar-refractivity contribution in [3.8, 4) is 10.6 Å². The Morgan fingerprint density at radius 1 is 1.20 bits per heavy atom. The van der Waals surface area contributed by atoms with E-state index in [1.807, 2.05) is 30.3 Å². The highest BCUT2D eigenvalue weighted by Crippen LogP contribution is 2.31. The number of hydrogen-bond acceptors (Lipinski definition) is 5. The molecular weight excluding hydrogens is 334 g/mol. The zero-order valence-corrected chi connectivity index (χ0v) is 14.3. The van der Waals surface area contributed by atoms with E-state index in [4.69, 9.17) is 0 Å². The van der Waals surface area contributed by atoms with Gasteiger partial charge in [-0.15, -0.1) is 11.3 Å². The molecule has 0 fully saturated rings. The molecule has 0 saturated carbocycles. The average molecular weight is 349 g/mol. The van der Waals surface area contributed by atoms with Crippen molar-refractivity contribution >= 4 is 33.1 Å². The quantitative estimate of drug-likeness (QED) is 0.612. The lowest BCUT2D eigenvalue weighted by Gasteiger charge is -2.05. The van der Waals surface area contributed by atoms with E-state index in [-0.39, 0.29) is 12.5 Å². The second-order valence-corrected chi connectivity index (χ2v) is 6.74. The van der Waals surface area contributed by atoms with Crippen LogP contribution in [0.15, 0.2) is 55.1 Å². The molecule has 0 unspecified atom stereocenters. The van der Waals surface area contributed by atoms with Crippen LogP contribution >= 0.6 is 11.3 Å². The number of fused-ring (bicyclic) bond motifs is 1. The van der Waals surface area contributed by atoms with Crippen LogP contribution in [0.3, 0.4) is 0 Å². The Bertz CT molecular complexity index is 1020. The Kier molecular flexibility index (Phi) is 3.99. The number of amides is 1. The SMILES string of the molecule is Cc1ccc2nc(-c3ccc(NC(=O)Cn4cncn4)cc3)sc2c1. The van der Waals surface area contributed by atoms with Gasteiger partial charge in [0.25, 0.3) is 0 Å². The van der Waals surface area contributed by atoms with Crippen LogP contribution in [0.5, 0.6) is 0 Å². The number of hydrogen-bond donors (Lipinski definition) is 1. The zero-order chi connectivity index (χ0) is 17.2. The molecule has 2 aromatic heterocycles. The minimum absolute atomic E-state index is 0.138. The molecule has 1 N–H and O–H groups in total. The number of carbonyl (C=O) groups excluding carboxylic acids is 1. The molecule has 0 radical (unpaired) electrons. The number of benzene rings is 2. The molecule has 0 spiro atoms. The van der Waals surface area contributed by atoms with Crippen LogP contribution in [0, 0.1) is 6.92 Å². The van der Waals surface area contributed by atoms with Crippen LogP contribution in [0.1, 0.15) is 5.56 Å². The number of aromatic nitrogens is 4. The molecule has 0 atom stereocenters. The Hall–Kier alpha value is -3.06. The van der Waals surface area contributed by atoms with Gasteiger partial charge < -0.3 is 5.32 Å². The maximum atomic E-state index is 12.0. The Balaban J connectivity index is 1.50. The van der Waals surface area contributed by atoms with Crippen molar-refractivity contribution in [2.75, 3.05) is 5.32 Å². The highest BCUT2D eigenvalue weighted by Gasteiger charge is 2.08. The van der Waals surface area contributed by atoms with Crippen molar-refractivity contribution < 1.29 is 4.79 Å². The molecule has 4 rings (SSSR count). The molecule has 6 nitrogen and oxygen atoms in total. The molecule has 0 bridgehead atoms. The Labute approximate surface area is 148 Å². The maximum Gasteiger partial charge on any atom is 0.246 e. The van der Waals surface area contributed by atoms with Gasteiger partial charge in [-0.1, -0.05) is 6.07 Å². The van der Waals surface area contributed by atoms with E-state index < -0.39 is 0 Å². The van der Waals surface area contributed by atoms with E-state index >= 15 is 0 Å². The third kappa shape index (κ3) is 3.41. The highest BCUT2D eigenvalue weighted by molar-refractivity contribution is 7.21. The van der Waals surface area contributed by atoms with Gasteiger partial charge in [0.2, 0.25) is 5.91 Å². The number of anilines is 1. The highest BCUT2D eigenvalue weighted by atomic mass is 32.1. The summed E-state index contributed by atoms with van der Waals surface area (Å²) in [6.45, 7) is 2.22. The smallest absolute Gasteiger partial charge is 0.246 e. The van der Waals surface area contributed by atoms with E-state index in [0.717, 1.165) is 21.8 Å². The van der Waals surface area contributed by atoms with E-state index in [2.05, 4.69) is 39.4 Å². The molecule has 124 valence electrons. The molecule has 0 aliphatic heterocycles. The van der Waals surface area contributed by atoms with E-state index in [1.54, 1.807) is 11.3 Å². The molecule has 0 aliphatic carbocycles. The topological polar surface area (TPSA) is 72.7 Å². The monoisotopic (exact) mass is 349 g/mol. The van der Waals surface area contributed by atoms with Gasteiger partial charge in [-0.3, -0.25) is 4.79 Å². The van der Waals surface area contributed by atoms with Crippen LogP contribution in [-0.4, -0.2) is 25.7 Å². The second kappa shape index (κ2) is 6.45. The number of aryl methyl sites for hydroxylation is 1. The van der Waals surface area contributed by atoms with Gasteiger partial charge in [-0.25, -0.2) is 14.6 Å². The van der Waals surface area contributed by atoms with E-state index in [9.17, 15) is 4.79 Å². The summed E-state index contributed by atoms with van der Waals surface area (Å²) in [7, 11) is 0. The number of carbonyl (C=O) groups is 1. The summed E-state index contributed by atoms with van der Waals surface area (Å²) in [6.07, 6.45) is 2.92. The van der Waals surface area contributed by atoms with Crippen molar-refractivity contribution in [2.45, 2.75) is 13.5 Å². The molecule has 4 aromatic rings. The fourth-order valence-corrected chi connectivity index (χ4v) is 3.58. The van der Waals surface area contributed by atoms with Crippen molar-refractivity contribution in [2.24, 2.45) is 0 Å². The third-order valence-electron chi connectivity index (χ3n) is 3.73. The van der Waals surface area contributed by atoms with Gasteiger partial charge in [0.05, 0.1) is 10.2 Å². The predicted molar refractivity (Wildman–Crippen MR) is 98.4 cm³/mol. The number of thiazole rings is 1. The second-order valence-electron chi connectivity index (χ2n) is 5.71. The fraction of sp³-hybridized carbons (Fsp3) is 0.111. The van der Waals surface area contributed by atoms with Crippen molar-refractivity contribution in [3.05, 3.63) is 60.7 Å². The fourth-order valence-electron chi connectivity index (χ4n) is 2.51. The summed E-state index contributed by atoms with van der Waals surface area (Å²) < 4.78 is 2.66. The van der Waals surface area contributed by atoms with Crippen LogP contribution in [0.25, 0.3) is 20.8 Å². The lowest BCUT2D eigenvalue weighted by atomic mass is 10.2. The van der Waals surface area contributed by atoms with Gasteiger partial charge in [0.1, 0.15) is 24.2 Å². The molecule has 0 aliphatic rings. The normalized spacial score (nSPS) is 10.9. The van der Waals surface area contributed by atoms with Gasteiger partial charge in [-0.05, 0) is 48.9 Å². The van der Waals surface area contributed by atoms with Crippen molar-refractivity contribution in [1.82, 2.24) is 19.7 Å². The van der Waals surface area contributed by atoms with Crippen molar-refractivity contribution in [1.29, 1.82) is 0 Å². The largest absolute Gasteiger partial charge is 0.324 e. The third-order valence-corrected chi connectivity index (χ3v) is 4.80. The minimum Gasteiger partial charge on any atom is -0.324 e. The molecular formula is C18H15N5OS. The lowest BCUT2D eigenvalue weighted by Crippen LogP contribution is -2.18. The number of nitrogens with one attached hydrogen (secondary N) is 1. The first-order valence-corrected chi connectivity index (χ1v) is 8.59. The summed E-state index contributed by atoms with van der Waals surface area (Å²) in [5, 5.41) is 7.74. The van der Waals surface area contributed by atoms with Gasteiger partial charge in [0, 0.05) is 11.3 Å². The van der Waals surface area contributed by atoms with Crippen LogP contribution in [-0.2, 0) is 11.3 Å². The molecule has 0 saturated heterocycles. The van der Waals surface area contributed by atoms with Gasteiger partial charge in [-0.2, -0.15) is 5.10 Å². The summed E-state index contributed by atoms with van der Waals surface area (Å²) in [6, 6.07) is 14.0. The molecule has 7 heteroatoms. The summed E-state index contributed by atoms with van der Waals surface area (Å²) >= 11 is 1.67. The zero-order valence-electron chi connectivity index (χ0n) is 13.5. The van der Waals surface area contributed by atoms with E-state index in [1.165, 1.54) is 27.6 Å². The molecule has 2 heterocycles. The number of nitrogens with zero attached hydrogens (tertiary/aromatic N) is 4. The molecule has 2 aromatic carbocycles. The first-order chi connectivity index (χ1) is 12.2. The summed E-state index contributed by atoms with van der Waals surface area (Å²) in [5.41, 5.74) is 4.02. The first kappa shape index (κ1) is 15.5. The van der Waals surface area contributed by atoms with Gasteiger partial charge >= 0.3 is 0 Å². The molecule has 25 heavy (non-hydrogen) atoms. The summed E-state index contributed by atoms with van der Waals surface area (Å²) in [4.78, 5) is 20.5. The Morgan fingerprint density at radius 2 is 2.04 bits per heavy atom. The molecule has 1 amide bonds. The predicted octanol–water partition coefficient (Wildman–Crippen LogP) is 3.50. The Morgan fingerprint density at radius 3 is 2.80 bits per heavy atom. The van der Waals surface area contributed by atoms with Crippen LogP contribution in [0.2, 0.25) is 0 Å². The standard InChI is InChI=1S/C18H15N5OS/c1-12-2-7-15-16(8-12)25-18(22-15)13-3-5-14(6-4-13)21-17(24)9-23-11-19-10-20-23/h2-8,10-11H,9H2,1H3,(H,21,24). The van der Waals surface area contributed by atoms with Crippen LogP contribution in [0.4, 0.5) is 5.69 Å². The minimum atomic E-state index is -0.145. The summed E-state index contributed by atoms with van der Waals surface area (Å²) in [5.74, 6) is -0.145. The average Bonchev–Trinajstić information content (AvgIpc) is 3.24. The lowest BCUT2D eigenvalue weighted by molar-refractivity contribution is -0.116. The van der Waals surface area contributed by atoms with E-state index in [0.29, 0.717) is 0 Å². The van der Waals surface area contributed by atoms with Crippen LogP contribution < -0.4 is 5.32 Å². The maximum absolute atomic E-state index is 12.0.